The minimum Gasteiger partial charge on any atom is -0.399 e. The molecule has 0 saturated carbocycles. The Labute approximate surface area is 88.6 Å². The van der Waals surface area contributed by atoms with E-state index in [2.05, 4.69) is 0 Å². The van der Waals surface area contributed by atoms with Crippen LogP contribution in [0.2, 0.25) is 0 Å². The van der Waals surface area contributed by atoms with E-state index < -0.39 is 0 Å². The van der Waals surface area contributed by atoms with Crippen LogP contribution < -0.4 is 5.73 Å². The number of anilines is 1. The molecular formula is C11H14N2O2. The first-order chi connectivity index (χ1) is 7.18. The van der Waals surface area contributed by atoms with Crippen LogP contribution >= 0.6 is 0 Å². The molecule has 1 amide bonds. The number of rotatable bonds is 1. The molecule has 1 heterocycles. The smallest absolute Gasteiger partial charge is 0.277 e. The molecule has 0 bridgehead atoms. The largest absolute Gasteiger partial charge is 0.399 e. The van der Waals surface area contributed by atoms with E-state index in [1.54, 1.807) is 18.2 Å². The third-order valence-electron chi connectivity index (χ3n) is 2.46. The zero-order valence-corrected chi connectivity index (χ0v) is 8.69. The third kappa shape index (κ3) is 1.94. The number of nitrogen functional groups attached to an aromatic ring is 1. The maximum atomic E-state index is 11.9. The number of carbonyl (C=O) groups excluding carboxylic acids is 1. The number of hydroxylamine groups is 2. The van der Waals surface area contributed by atoms with Gasteiger partial charge in [0.1, 0.15) is 0 Å². The quantitative estimate of drug-likeness (QED) is 0.706. The first-order valence-corrected chi connectivity index (χ1v) is 4.99. The molecule has 1 saturated heterocycles. The zero-order valence-electron chi connectivity index (χ0n) is 8.69. The molecule has 1 aliphatic rings. The van der Waals surface area contributed by atoms with Crippen molar-refractivity contribution in [2.75, 3.05) is 18.9 Å². The number of benzene rings is 1. The van der Waals surface area contributed by atoms with Crippen molar-refractivity contribution in [1.29, 1.82) is 0 Å². The predicted octanol–water partition coefficient (Wildman–Crippen LogP) is 1.35. The molecule has 0 radical (unpaired) electrons. The maximum absolute atomic E-state index is 11.9. The SMILES string of the molecule is Cc1cc(N)ccc1C(=O)N1CCCO1. The van der Waals surface area contributed by atoms with Crippen molar-refractivity contribution < 1.29 is 9.63 Å². The van der Waals surface area contributed by atoms with Gasteiger partial charge in [0.15, 0.2) is 0 Å². The van der Waals surface area contributed by atoms with Gasteiger partial charge in [-0.3, -0.25) is 9.63 Å². The van der Waals surface area contributed by atoms with Crippen molar-refractivity contribution in [3.05, 3.63) is 29.3 Å². The van der Waals surface area contributed by atoms with Crippen LogP contribution in [0.5, 0.6) is 0 Å². The van der Waals surface area contributed by atoms with E-state index in [9.17, 15) is 4.79 Å². The normalized spacial score (nSPS) is 15.7. The summed E-state index contributed by atoms with van der Waals surface area (Å²) in [6, 6.07) is 5.27. The molecule has 4 nitrogen and oxygen atoms in total. The van der Waals surface area contributed by atoms with Crippen molar-refractivity contribution in [3.8, 4) is 0 Å². The Balaban J connectivity index is 2.24. The molecule has 1 aromatic rings. The van der Waals surface area contributed by atoms with Crippen molar-refractivity contribution in [1.82, 2.24) is 5.06 Å². The number of nitrogens with zero attached hydrogens (tertiary/aromatic N) is 1. The second kappa shape index (κ2) is 3.90. The summed E-state index contributed by atoms with van der Waals surface area (Å²) >= 11 is 0. The highest BCUT2D eigenvalue weighted by Gasteiger charge is 2.21. The van der Waals surface area contributed by atoms with Gasteiger partial charge in [-0.1, -0.05) is 0 Å². The van der Waals surface area contributed by atoms with Crippen LogP contribution in [0.25, 0.3) is 0 Å². The molecule has 15 heavy (non-hydrogen) atoms. The van der Waals surface area contributed by atoms with Gasteiger partial charge in [-0.05, 0) is 37.1 Å². The minimum absolute atomic E-state index is 0.0787. The van der Waals surface area contributed by atoms with Crippen molar-refractivity contribution >= 4 is 11.6 Å². The Hall–Kier alpha value is -1.55. The van der Waals surface area contributed by atoms with Gasteiger partial charge >= 0.3 is 0 Å². The standard InChI is InChI=1S/C11H14N2O2/c1-8-7-9(12)3-4-10(8)11(14)13-5-2-6-15-13/h3-4,7H,2,5-6,12H2,1H3. The summed E-state index contributed by atoms with van der Waals surface area (Å²) in [4.78, 5) is 17.1. The van der Waals surface area contributed by atoms with Crippen LogP contribution in [0, 0.1) is 6.92 Å². The molecule has 0 spiro atoms. The highest BCUT2D eigenvalue weighted by molar-refractivity contribution is 5.95. The molecule has 1 aliphatic heterocycles. The summed E-state index contributed by atoms with van der Waals surface area (Å²) < 4.78 is 0. The zero-order chi connectivity index (χ0) is 10.8. The van der Waals surface area contributed by atoms with Crippen LogP contribution in [0.1, 0.15) is 22.3 Å². The van der Waals surface area contributed by atoms with E-state index in [-0.39, 0.29) is 5.91 Å². The summed E-state index contributed by atoms with van der Waals surface area (Å²) in [5, 5.41) is 1.42. The lowest BCUT2D eigenvalue weighted by atomic mass is 10.1. The van der Waals surface area contributed by atoms with Crippen molar-refractivity contribution in [2.45, 2.75) is 13.3 Å². The van der Waals surface area contributed by atoms with E-state index in [4.69, 9.17) is 10.6 Å². The molecule has 0 aromatic heterocycles. The topological polar surface area (TPSA) is 55.6 Å². The molecule has 0 atom stereocenters. The number of aryl methyl sites for hydroxylation is 1. The van der Waals surface area contributed by atoms with Gasteiger partial charge < -0.3 is 5.73 Å². The lowest BCUT2D eigenvalue weighted by molar-refractivity contribution is -0.0768. The number of hydrogen-bond donors (Lipinski definition) is 1. The van der Waals surface area contributed by atoms with Crippen LogP contribution in [0.4, 0.5) is 5.69 Å². The highest BCUT2D eigenvalue weighted by Crippen LogP contribution is 2.17. The third-order valence-corrected chi connectivity index (χ3v) is 2.46. The minimum atomic E-state index is -0.0787. The Morgan fingerprint density at radius 3 is 2.93 bits per heavy atom. The fourth-order valence-electron chi connectivity index (χ4n) is 1.67. The Bertz CT molecular complexity index is 384. The number of amides is 1. The van der Waals surface area contributed by atoms with Crippen LogP contribution in [0.3, 0.4) is 0 Å². The summed E-state index contributed by atoms with van der Waals surface area (Å²) in [5.74, 6) is -0.0787. The monoisotopic (exact) mass is 206 g/mol. The Kier molecular flexibility index (Phi) is 2.60. The van der Waals surface area contributed by atoms with Crippen LogP contribution in [0.15, 0.2) is 18.2 Å². The lowest BCUT2D eigenvalue weighted by Gasteiger charge is -2.15. The van der Waals surface area contributed by atoms with E-state index in [0.29, 0.717) is 24.4 Å². The van der Waals surface area contributed by atoms with Crippen molar-refractivity contribution in [3.63, 3.8) is 0 Å². The van der Waals surface area contributed by atoms with Gasteiger partial charge in [0.2, 0.25) is 0 Å². The molecule has 2 rings (SSSR count). The van der Waals surface area contributed by atoms with Crippen LogP contribution in [-0.4, -0.2) is 24.1 Å². The summed E-state index contributed by atoms with van der Waals surface area (Å²) in [7, 11) is 0. The average molecular weight is 206 g/mol. The van der Waals surface area contributed by atoms with E-state index >= 15 is 0 Å². The Morgan fingerprint density at radius 2 is 2.33 bits per heavy atom. The van der Waals surface area contributed by atoms with E-state index in [1.165, 1.54) is 5.06 Å². The Morgan fingerprint density at radius 1 is 1.53 bits per heavy atom. The van der Waals surface area contributed by atoms with Crippen molar-refractivity contribution in [2.24, 2.45) is 0 Å². The van der Waals surface area contributed by atoms with E-state index in [0.717, 1.165) is 12.0 Å². The van der Waals surface area contributed by atoms with Gasteiger partial charge in [0.25, 0.3) is 5.91 Å². The molecular weight excluding hydrogens is 192 g/mol. The first kappa shape index (κ1) is 9.98. The van der Waals surface area contributed by atoms with E-state index in [1.807, 2.05) is 6.92 Å². The molecule has 1 fully saturated rings. The molecule has 0 unspecified atom stereocenters. The summed E-state index contributed by atoms with van der Waals surface area (Å²) in [6.07, 6.45) is 0.903. The average Bonchev–Trinajstić information content (AvgIpc) is 2.69. The predicted molar refractivity (Wildman–Crippen MR) is 57.2 cm³/mol. The van der Waals surface area contributed by atoms with Gasteiger partial charge in [-0.25, -0.2) is 5.06 Å². The number of carbonyl (C=O) groups is 1. The first-order valence-electron chi connectivity index (χ1n) is 4.99. The second-order valence-corrected chi connectivity index (χ2v) is 3.67. The molecule has 1 aromatic carbocycles. The molecule has 4 heteroatoms. The van der Waals surface area contributed by atoms with Gasteiger partial charge in [0.05, 0.1) is 13.2 Å². The molecule has 2 N–H and O–H groups in total. The summed E-state index contributed by atoms with van der Waals surface area (Å²) in [5.41, 5.74) is 7.84. The maximum Gasteiger partial charge on any atom is 0.277 e. The number of hydrogen-bond acceptors (Lipinski definition) is 3. The molecule has 0 aliphatic carbocycles. The van der Waals surface area contributed by atoms with Gasteiger partial charge in [0, 0.05) is 11.3 Å². The molecule has 80 valence electrons. The fraction of sp³-hybridized carbons (Fsp3) is 0.364. The van der Waals surface area contributed by atoms with Gasteiger partial charge in [-0.15, -0.1) is 0 Å². The van der Waals surface area contributed by atoms with Crippen LogP contribution in [-0.2, 0) is 4.84 Å². The number of nitrogens with two attached hydrogens (primary N) is 1. The second-order valence-electron chi connectivity index (χ2n) is 3.67. The summed E-state index contributed by atoms with van der Waals surface area (Å²) in [6.45, 7) is 3.17. The highest BCUT2D eigenvalue weighted by atomic mass is 16.7. The van der Waals surface area contributed by atoms with Gasteiger partial charge in [-0.2, -0.15) is 0 Å². The fourth-order valence-corrected chi connectivity index (χ4v) is 1.67. The lowest BCUT2D eigenvalue weighted by Crippen LogP contribution is -2.27.